The van der Waals surface area contributed by atoms with Crippen LogP contribution < -0.4 is 0 Å². The van der Waals surface area contributed by atoms with Crippen molar-refractivity contribution < 1.29 is 5.11 Å². The van der Waals surface area contributed by atoms with Crippen molar-refractivity contribution in [3.8, 4) is 0 Å². The number of H-pyrrole nitrogens is 1. The van der Waals surface area contributed by atoms with Gasteiger partial charge in [0.25, 0.3) is 0 Å². The Morgan fingerprint density at radius 1 is 1.55 bits per heavy atom. The average molecular weight is 153 g/mol. The van der Waals surface area contributed by atoms with E-state index in [1.54, 1.807) is 0 Å². The highest BCUT2D eigenvalue weighted by Crippen LogP contribution is 2.11. The van der Waals surface area contributed by atoms with Crippen molar-refractivity contribution in [3.05, 3.63) is 23.0 Å². The van der Waals surface area contributed by atoms with Crippen LogP contribution >= 0.6 is 0 Å². The SMILES string of the molecule is Cc1cc(CC(C)O)c(C)[nH]1. The zero-order valence-electron chi connectivity index (χ0n) is 7.31. The van der Waals surface area contributed by atoms with Crippen LogP contribution in [0.1, 0.15) is 23.9 Å². The number of aliphatic hydroxyl groups is 1. The third kappa shape index (κ3) is 2.09. The van der Waals surface area contributed by atoms with Gasteiger partial charge in [0.05, 0.1) is 6.10 Å². The standard InChI is InChI=1S/C9H15NO/c1-6-4-9(5-7(2)11)8(3)10-6/h4,7,10-11H,5H2,1-3H3. The monoisotopic (exact) mass is 153 g/mol. The minimum absolute atomic E-state index is 0.246. The van der Waals surface area contributed by atoms with Gasteiger partial charge < -0.3 is 10.1 Å². The van der Waals surface area contributed by atoms with E-state index in [2.05, 4.69) is 11.1 Å². The molecule has 0 spiro atoms. The van der Waals surface area contributed by atoms with Crippen LogP contribution in [0.25, 0.3) is 0 Å². The highest BCUT2D eigenvalue weighted by atomic mass is 16.3. The molecule has 0 aliphatic rings. The number of aromatic nitrogens is 1. The second kappa shape index (κ2) is 3.09. The molecule has 1 heterocycles. The van der Waals surface area contributed by atoms with Gasteiger partial charge in [-0.15, -0.1) is 0 Å². The topological polar surface area (TPSA) is 36.0 Å². The third-order valence-electron chi connectivity index (χ3n) is 1.77. The normalized spacial score (nSPS) is 13.5. The van der Waals surface area contributed by atoms with E-state index in [0.717, 1.165) is 12.1 Å². The summed E-state index contributed by atoms with van der Waals surface area (Å²) in [6, 6.07) is 2.09. The lowest BCUT2D eigenvalue weighted by Crippen LogP contribution is -2.04. The molecule has 1 atom stereocenters. The lowest BCUT2D eigenvalue weighted by molar-refractivity contribution is 0.195. The number of aromatic amines is 1. The predicted octanol–water partition coefficient (Wildman–Crippen LogP) is 1.55. The van der Waals surface area contributed by atoms with Gasteiger partial charge in [-0.25, -0.2) is 0 Å². The Bertz CT molecular complexity index is 238. The average Bonchev–Trinajstić information content (AvgIpc) is 2.09. The lowest BCUT2D eigenvalue weighted by Gasteiger charge is -2.01. The Labute approximate surface area is 67.3 Å². The first-order valence-electron chi connectivity index (χ1n) is 3.92. The van der Waals surface area contributed by atoms with E-state index < -0.39 is 0 Å². The van der Waals surface area contributed by atoms with Crippen molar-refractivity contribution in [2.24, 2.45) is 0 Å². The first-order valence-corrected chi connectivity index (χ1v) is 3.92. The molecule has 1 rings (SSSR count). The Morgan fingerprint density at radius 3 is 2.55 bits per heavy atom. The quantitative estimate of drug-likeness (QED) is 0.664. The van der Waals surface area contributed by atoms with E-state index in [-0.39, 0.29) is 6.10 Å². The summed E-state index contributed by atoms with van der Waals surface area (Å²) in [5.74, 6) is 0. The number of nitrogens with one attached hydrogen (secondary N) is 1. The Morgan fingerprint density at radius 2 is 2.18 bits per heavy atom. The second-order valence-corrected chi connectivity index (χ2v) is 3.16. The summed E-state index contributed by atoms with van der Waals surface area (Å²) in [4.78, 5) is 3.20. The second-order valence-electron chi connectivity index (χ2n) is 3.16. The number of aryl methyl sites for hydroxylation is 2. The fraction of sp³-hybridized carbons (Fsp3) is 0.556. The molecule has 0 aliphatic carbocycles. The Kier molecular flexibility index (Phi) is 2.35. The van der Waals surface area contributed by atoms with Gasteiger partial charge in [-0.1, -0.05) is 0 Å². The van der Waals surface area contributed by atoms with Gasteiger partial charge in [-0.2, -0.15) is 0 Å². The van der Waals surface area contributed by atoms with Crippen molar-refractivity contribution in [2.75, 3.05) is 0 Å². The van der Waals surface area contributed by atoms with E-state index >= 15 is 0 Å². The van der Waals surface area contributed by atoms with Gasteiger partial charge in [0.15, 0.2) is 0 Å². The van der Waals surface area contributed by atoms with Gasteiger partial charge in [-0.05, 0) is 38.8 Å². The molecule has 0 aromatic carbocycles. The fourth-order valence-electron chi connectivity index (χ4n) is 1.31. The summed E-state index contributed by atoms with van der Waals surface area (Å²) in [6.45, 7) is 5.87. The molecule has 2 N–H and O–H groups in total. The number of rotatable bonds is 2. The smallest absolute Gasteiger partial charge is 0.0553 e. The summed E-state index contributed by atoms with van der Waals surface area (Å²) >= 11 is 0. The molecular formula is C9H15NO. The zero-order valence-corrected chi connectivity index (χ0v) is 7.31. The van der Waals surface area contributed by atoms with Crippen molar-refractivity contribution in [1.82, 2.24) is 4.98 Å². The van der Waals surface area contributed by atoms with Crippen molar-refractivity contribution in [3.63, 3.8) is 0 Å². The molecule has 2 nitrogen and oxygen atoms in total. The van der Waals surface area contributed by atoms with Crippen molar-refractivity contribution in [2.45, 2.75) is 33.3 Å². The van der Waals surface area contributed by atoms with E-state index in [1.165, 1.54) is 11.3 Å². The van der Waals surface area contributed by atoms with Crippen LogP contribution in [0.3, 0.4) is 0 Å². The van der Waals surface area contributed by atoms with Gasteiger partial charge >= 0.3 is 0 Å². The molecule has 0 saturated carbocycles. The molecule has 0 fully saturated rings. The van der Waals surface area contributed by atoms with Crippen LogP contribution in [-0.2, 0) is 6.42 Å². The summed E-state index contributed by atoms with van der Waals surface area (Å²) in [5, 5.41) is 9.13. The molecule has 0 bridgehead atoms. The summed E-state index contributed by atoms with van der Waals surface area (Å²) in [7, 11) is 0. The lowest BCUT2D eigenvalue weighted by atomic mass is 10.1. The van der Waals surface area contributed by atoms with Gasteiger partial charge in [0.1, 0.15) is 0 Å². The fourth-order valence-corrected chi connectivity index (χ4v) is 1.31. The van der Waals surface area contributed by atoms with Gasteiger partial charge in [-0.3, -0.25) is 0 Å². The molecule has 1 unspecified atom stereocenters. The van der Waals surface area contributed by atoms with Crippen LogP contribution in [0.5, 0.6) is 0 Å². The van der Waals surface area contributed by atoms with Gasteiger partial charge in [0.2, 0.25) is 0 Å². The molecular weight excluding hydrogens is 138 g/mol. The molecule has 11 heavy (non-hydrogen) atoms. The molecule has 0 saturated heterocycles. The molecule has 2 heteroatoms. The maximum atomic E-state index is 9.13. The van der Waals surface area contributed by atoms with E-state index in [9.17, 15) is 0 Å². The Balaban J connectivity index is 2.77. The third-order valence-corrected chi connectivity index (χ3v) is 1.77. The van der Waals surface area contributed by atoms with Gasteiger partial charge in [0, 0.05) is 11.4 Å². The summed E-state index contributed by atoms with van der Waals surface area (Å²) in [5.41, 5.74) is 3.55. The Hall–Kier alpha value is -0.760. The van der Waals surface area contributed by atoms with E-state index in [0.29, 0.717) is 0 Å². The highest BCUT2D eigenvalue weighted by molar-refractivity contribution is 5.24. The van der Waals surface area contributed by atoms with Crippen LogP contribution in [0, 0.1) is 13.8 Å². The van der Waals surface area contributed by atoms with Crippen LogP contribution in [0.2, 0.25) is 0 Å². The molecule has 1 aromatic rings. The maximum Gasteiger partial charge on any atom is 0.0553 e. The first kappa shape index (κ1) is 8.34. The van der Waals surface area contributed by atoms with Crippen molar-refractivity contribution >= 4 is 0 Å². The van der Waals surface area contributed by atoms with E-state index in [1.807, 2.05) is 20.8 Å². The molecule has 1 aromatic heterocycles. The molecule has 0 radical (unpaired) electrons. The summed E-state index contributed by atoms with van der Waals surface area (Å²) in [6.07, 6.45) is 0.500. The number of hydrogen-bond donors (Lipinski definition) is 2. The minimum atomic E-state index is -0.246. The maximum absolute atomic E-state index is 9.13. The minimum Gasteiger partial charge on any atom is -0.393 e. The molecule has 0 amide bonds. The first-order chi connectivity index (χ1) is 5.09. The number of aliphatic hydroxyl groups excluding tert-OH is 1. The van der Waals surface area contributed by atoms with Crippen molar-refractivity contribution in [1.29, 1.82) is 0 Å². The van der Waals surface area contributed by atoms with Crippen LogP contribution in [0.15, 0.2) is 6.07 Å². The largest absolute Gasteiger partial charge is 0.393 e. The van der Waals surface area contributed by atoms with E-state index in [4.69, 9.17) is 5.11 Å². The highest BCUT2D eigenvalue weighted by Gasteiger charge is 2.04. The van der Waals surface area contributed by atoms with Crippen LogP contribution in [0.4, 0.5) is 0 Å². The molecule has 62 valence electrons. The predicted molar refractivity (Wildman–Crippen MR) is 45.7 cm³/mol. The molecule has 0 aliphatic heterocycles. The summed E-state index contributed by atoms with van der Waals surface area (Å²) < 4.78 is 0. The zero-order chi connectivity index (χ0) is 8.43. The number of hydrogen-bond acceptors (Lipinski definition) is 1. The van der Waals surface area contributed by atoms with Crippen LogP contribution in [-0.4, -0.2) is 16.2 Å².